The van der Waals surface area contributed by atoms with Crippen molar-refractivity contribution >= 4 is 17.8 Å². The second kappa shape index (κ2) is 8.46. The summed E-state index contributed by atoms with van der Waals surface area (Å²) in [5.74, 6) is -1.87. The molecule has 0 rings (SSSR count). The normalized spacial score (nSPS) is 14.8. The molecule has 0 aromatic heterocycles. The molecule has 1 amide bonds. The smallest absolute Gasteiger partial charge is 0.329 e. The summed E-state index contributed by atoms with van der Waals surface area (Å²) in [6, 6.07) is -1.93. The minimum atomic E-state index is -1.09. The first kappa shape index (κ1) is 22.4. The van der Waals surface area contributed by atoms with Crippen LogP contribution in [0.5, 0.6) is 0 Å². The molecule has 140 valence electrons. The molecule has 7 heteroatoms. The number of carbonyl (C=O) groups excluding carboxylic acids is 3. The maximum Gasteiger partial charge on any atom is 0.329 e. The zero-order chi connectivity index (χ0) is 19.3. The molecule has 0 heterocycles. The van der Waals surface area contributed by atoms with Crippen molar-refractivity contribution in [3.63, 3.8) is 0 Å². The molecule has 0 aliphatic rings. The number of amides is 1. The van der Waals surface area contributed by atoms with Crippen LogP contribution in [0.4, 0.5) is 0 Å². The van der Waals surface area contributed by atoms with E-state index in [0.717, 1.165) is 0 Å². The van der Waals surface area contributed by atoms with E-state index in [-0.39, 0.29) is 12.3 Å². The number of hydrogen-bond acceptors (Lipinski definition) is 6. The number of rotatable bonds is 6. The van der Waals surface area contributed by atoms with Crippen molar-refractivity contribution < 1.29 is 23.9 Å². The monoisotopic (exact) mass is 344 g/mol. The van der Waals surface area contributed by atoms with E-state index in [1.165, 1.54) is 0 Å². The lowest BCUT2D eigenvalue weighted by molar-refractivity contribution is -0.160. The van der Waals surface area contributed by atoms with Crippen LogP contribution in [0, 0.1) is 5.92 Å². The van der Waals surface area contributed by atoms with Gasteiger partial charge in [-0.25, -0.2) is 4.79 Å². The predicted molar refractivity (Wildman–Crippen MR) is 91.1 cm³/mol. The van der Waals surface area contributed by atoms with Crippen LogP contribution < -0.4 is 11.1 Å². The lowest BCUT2D eigenvalue weighted by atomic mass is 10.0. The van der Waals surface area contributed by atoms with Gasteiger partial charge < -0.3 is 20.5 Å². The van der Waals surface area contributed by atoms with Gasteiger partial charge in [-0.2, -0.15) is 0 Å². The van der Waals surface area contributed by atoms with Crippen LogP contribution in [-0.4, -0.2) is 41.1 Å². The van der Waals surface area contributed by atoms with E-state index in [1.807, 2.05) is 0 Å². The first-order chi connectivity index (χ1) is 10.6. The Kier molecular flexibility index (Phi) is 7.89. The van der Waals surface area contributed by atoms with Gasteiger partial charge in [0.1, 0.15) is 17.2 Å². The molecular formula is C17H32N2O5. The molecule has 0 spiro atoms. The lowest BCUT2D eigenvalue weighted by Gasteiger charge is -2.27. The van der Waals surface area contributed by atoms with Gasteiger partial charge in [-0.05, 0) is 47.5 Å². The fraction of sp³-hybridized carbons (Fsp3) is 0.824. The van der Waals surface area contributed by atoms with E-state index in [9.17, 15) is 14.4 Å². The highest BCUT2D eigenvalue weighted by Crippen LogP contribution is 2.13. The SMILES string of the molecule is CC(C)[C@H](NC(=O)[C@@H](N)CC(=O)OC(C)(C)C)C(=O)OC(C)(C)C. The van der Waals surface area contributed by atoms with Gasteiger partial charge in [0.15, 0.2) is 0 Å². The second-order valence-electron chi connectivity index (χ2n) is 8.16. The maximum atomic E-state index is 12.2. The van der Waals surface area contributed by atoms with E-state index >= 15 is 0 Å². The molecule has 0 radical (unpaired) electrons. The van der Waals surface area contributed by atoms with Gasteiger partial charge in [-0.3, -0.25) is 9.59 Å². The molecule has 2 atom stereocenters. The Hall–Kier alpha value is -1.63. The van der Waals surface area contributed by atoms with Crippen LogP contribution in [0.25, 0.3) is 0 Å². The molecule has 0 fully saturated rings. The van der Waals surface area contributed by atoms with Gasteiger partial charge in [-0.15, -0.1) is 0 Å². The molecule has 0 unspecified atom stereocenters. The highest BCUT2D eigenvalue weighted by atomic mass is 16.6. The van der Waals surface area contributed by atoms with Gasteiger partial charge in [0.25, 0.3) is 0 Å². The van der Waals surface area contributed by atoms with Crippen LogP contribution in [0.15, 0.2) is 0 Å². The summed E-state index contributed by atoms with van der Waals surface area (Å²) in [7, 11) is 0. The highest BCUT2D eigenvalue weighted by Gasteiger charge is 2.31. The summed E-state index contributed by atoms with van der Waals surface area (Å²) in [6.45, 7) is 14.0. The zero-order valence-electron chi connectivity index (χ0n) is 16.1. The second-order valence-corrected chi connectivity index (χ2v) is 8.16. The fourth-order valence-electron chi connectivity index (χ4n) is 1.78. The molecule has 7 nitrogen and oxygen atoms in total. The standard InChI is InChI=1S/C17H32N2O5/c1-10(2)13(15(22)24-17(6,7)8)19-14(21)11(18)9-12(20)23-16(3,4)5/h10-11,13H,9,18H2,1-8H3,(H,19,21)/t11-,13-/m0/s1. The lowest BCUT2D eigenvalue weighted by Crippen LogP contribution is -2.52. The molecule has 3 N–H and O–H groups in total. The van der Waals surface area contributed by atoms with Crippen molar-refractivity contribution in [3.8, 4) is 0 Å². The highest BCUT2D eigenvalue weighted by molar-refractivity contribution is 5.90. The molecule has 0 bridgehead atoms. The summed E-state index contributed by atoms with van der Waals surface area (Å²) in [4.78, 5) is 36.1. The molecule has 24 heavy (non-hydrogen) atoms. The van der Waals surface area contributed by atoms with Crippen LogP contribution in [0.1, 0.15) is 61.8 Å². The van der Waals surface area contributed by atoms with Crippen LogP contribution >= 0.6 is 0 Å². The number of nitrogens with two attached hydrogens (primary N) is 1. The minimum Gasteiger partial charge on any atom is -0.460 e. The Morgan fingerprint density at radius 1 is 0.958 bits per heavy atom. The maximum absolute atomic E-state index is 12.2. The van der Waals surface area contributed by atoms with Crippen molar-refractivity contribution in [3.05, 3.63) is 0 Å². The third-order valence-corrected chi connectivity index (χ3v) is 2.77. The number of ether oxygens (including phenoxy) is 2. The molecule has 0 saturated carbocycles. The van der Waals surface area contributed by atoms with Gasteiger partial charge >= 0.3 is 11.9 Å². The van der Waals surface area contributed by atoms with Crippen LogP contribution in [0.2, 0.25) is 0 Å². The predicted octanol–water partition coefficient (Wildman–Crippen LogP) is 1.53. The topological polar surface area (TPSA) is 108 Å². The van der Waals surface area contributed by atoms with E-state index in [1.54, 1.807) is 55.4 Å². The van der Waals surface area contributed by atoms with Crippen molar-refractivity contribution in [2.75, 3.05) is 0 Å². The Bertz CT molecular complexity index is 461. The first-order valence-corrected chi connectivity index (χ1v) is 8.13. The van der Waals surface area contributed by atoms with E-state index < -0.39 is 41.1 Å². The van der Waals surface area contributed by atoms with E-state index in [0.29, 0.717) is 0 Å². The summed E-state index contributed by atoms with van der Waals surface area (Å²) in [5, 5.41) is 2.56. The number of carbonyl (C=O) groups is 3. The summed E-state index contributed by atoms with van der Waals surface area (Å²) in [5.41, 5.74) is 4.44. The minimum absolute atomic E-state index is 0.183. The van der Waals surface area contributed by atoms with E-state index in [4.69, 9.17) is 15.2 Å². The third-order valence-electron chi connectivity index (χ3n) is 2.77. The molecule has 0 aromatic rings. The largest absolute Gasteiger partial charge is 0.460 e. The Labute approximate surface area is 144 Å². The number of hydrogen-bond donors (Lipinski definition) is 2. The summed E-state index contributed by atoms with van der Waals surface area (Å²) >= 11 is 0. The Morgan fingerprint density at radius 2 is 1.42 bits per heavy atom. The Balaban J connectivity index is 4.78. The summed E-state index contributed by atoms with van der Waals surface area (Å²) < 4.78 is 10.4. The molecular weight excluding hydrogens is 312 g/mol. The number of nitrogens with one attached hydrogen (secondary N) is 1. The third kappa shape index (κ3) is 9.50. The van der Waals surface area contributed by atoms with Gasteiger partial charge in [0.05, 0.1) is 12.5 Å². The van der Waals surface area contributed by atoms with Crippen LogP contribution in [0.3, 0.4) is 0 Å². The van der Waals surface area contributed by atoms with Gasteiger partial charge in [0, 0.05) is 0 Å². The molecule has 0 aliphatic heterocycles. The van der Waals surface area contributed by atoms with Crippen LogP contribution in [-0.2, 0) is 23.9 Å². The molecule has 0 aliphatic carbocycles. The first-order valence-electron chi connectivity index (χ1n) is 8.13. The van der Waals surface area contributed by atoms with Crippen molar-refractivity contribution in [1.29, 1.82) is 0 Å². The quantitative estimate of drug-likeness (QED) is 0.708. The van der Waals surface area contributed by atoms with Crippen molar-refractivity contribution in [2.45, 2.75) is 85.1 Å². The number of esters is 2. The molecule has 0 saturated heterocycles. The summed E-state index contributed by atoms with van der Waals surface area (Å²) in [6.07, 6.45) is -0.262. The zero-order valence-corrected chi connectivity index (χ0v) is 16.1. The van der Waals surface area contributed by atoms with Gasteiger partial charge in [-0.1, -0.05) is 13.8 Å². The van der Waals surface area contributed by atoms with Crippen molar-refractivity contribution in [1.82, 2.24) is 5.32 Å². The average Bonchev–Trinajstić information content (AvgIpc) is 2.29. The Morgan fingerprint density at radius 3 is 1.79 bits per heavy atom. The van der Waals surface area contributed by atoms with E-state index in [2.05, 4.69) is 5.32 Å². The average molecular weight is 344 g/mol. The van der Waals surface area contributed by atoms with Gasteiger partial charge in [0.2, 0.25) is 5.91 Å². The van der Waals surface area contributed by atoms with Crippen molar-refractivity contribution in [2.24, 2.45) is 11.7 Å². The molecule has 0 aromatic carbocycles. The fourth-order valence-corrected chi connectivity index (χ4v) is 1.78.